The molecule has 2 aromatic rings. The number of benzene rings is 2. The number of methoxy groups -OCH3 is 1. The van der Waals surface area contributed by atoms with Gasteiger partial charge in [0.15, 0.2) is 0 Å². The van der Waals surface area contributed by atoms with Crippen LogP contribution in [0.3, 0.4) is 0 Å². The number of carbonyl (C=O) groups excluding carboxylic acids is 2. The molecule has 0 aliphatic rings. The molecule has 0 aromatic heterocycles. The highest BCUT2D eigenvalue weighted by Crippen LogP contribution is 2.16. The minimum Gasteiger partial charge on any atom is -0.507 e. The van der Waals surface area contributed by atoms with E-state index in [1.54, 1.807) is 42.5 Å². The Morgan fingerprint density at radius 2 is 1.96 bits per heavy atom. The van der Waals surface area contributed by atoms with Crippen molar-refractivity contribution in [3.05, 3.63) is 54.1 Å². The fraction of sp³-hybridized carbons (Fsp3) is 0.118. The smallest absolute Gasteiger partial charge is 0.249 e. The number of amides is 2. The molecule has 0 radical (unpaired) electrons. The number of carbonyl (C=O) groups is 2. The van der Waals surface area contributed by atoms with Crippen LogP contribution < -0.4 is 15.5 Å². The normalized spacial score (nSPS) is 10.4. The molecule has 0 saturated heterocycles. The van der Waals surface area contributed by atoms with Crippen LogP contribution >= 0.6 is 0 Å². The van der Waals surface area contributed by atoms with Crippen LogP contribution in [0.15, 0.2) is 53.6 Å². The first-order valence-electron chi connectivity index (χ1n) is 7.12. The van der Waals surface area contributed by atoms with Crippen LogP contribution in [-0.4, -0.2) is 30.2 Å². The zero-order valence-corrected chi connectivity index (χ0v) is 13.0. The third-order valence-corrected chi connectivity index (χ3v) is 3.00. The summed E-state index contributed by atoms with van der Waals surface area (Å²) < 4.78 is 5.05. The van der Waals surface area contributed by atoms with Crippen LogP contribution in [0, 0.1) is 0 Å². The van der Waals surface area contributed by atoms with E-state index in [1.807, 2.05) is 0 Å². The van der Waals surface area contributed by atoms with Crippen molar-refractivity contribution in [2.45, 2.75) is 6.42 Å². The Kier molecular flexibility index (Phi) is 5.90. The lowest BCUT2D eigenvalue weighted by Crippen LogP contribution is -2.24. The summed E-state index contributed by atoms with van der Waals surface area (Å²) in [5.74, 6) is -0.392. The summed E-state index contributed by atoms with van der Waals surface area (Å²) in [6, 6.07) is 13.4. The van der Waals surface area contributed by atoms with Crippen molar-refractivity contribution in [2.75, 3.05) is 12.4 Å². The number of nitrogens with one attached hydrogen (secondary N) is 2. The van der Waals surface area contributed by atoms with E-state index in [0.717, 1.165) is 0 Å². The molecule has 7 heteroatoms. The summed E-state index contributed by atoms with van der Waals surface area (Å²) in [5, 5.41) is 15.8. The van der Waals surface area contributed by atoms with Gasteiger partial charge in [-0.2, -0.15) is 5.10 Å². The van der Waals surface area contributed by atoms with Gasteiger partial charge in [0.2, 0.25) is 11.8 Å². The molecule has 0 atom stereocenters. The van der Waals surface area contributed by atoms with Gasteiger partial charge in [0.1, 0.15) is 17.9 Å². The fourth-order valence-corrected chi connectivity index (χ4v) is 1.86. The van der Waals surface area contributed by atoms with Crippen molar-refractivity contribution in [3.8, 4) is 11.5 Å². The molecule has 0 fully saturated rings. The van der Waals surface area contributed by atoms with Gasteiger partial charge in [-0.3, -0.25) is 9.59 Å². The largest absolute Gasteiger partial charge is 0.507 e. The van der Waals surface area contributed by atoms with Gasteiger partial charge in [-0.05, 0) is 24.3 Å². The molecular formula is C17H17N3O4. The minimum absolute atomic E-state index is 0.0475. The van der Waals surface area contributed by atoms with Crippen LogP contribution in [-0.2, 0) is 9.59 Å². The van der Waals surface area contributed by atoms with Gasteiger partial charge in [-0.25, -0.2) is 5.43 Å². The Hall–Kier alpha value is -3.35. The summed E-state index contributed by atoms with van der Waals surface area (Å²) in [6.07, 6.45) is 0.919. The third kappa shape index (κ3) is 5.13. The molecule has 0 aliphatic carbocycles. The average molecular weight is 327 g/mol. The van der Waals surface area contributed by atoms with E-state index in [0.29, 0.717) is 17.0 Å². The first-order chi connectivity index (χ1) is 11.6. The lowest BCUT2D eigenvalue weighted by atomic mass is 10.2. The third-order valence-electron chi connectivity index (χ3n) is 3.00. The molecule has 7 nitrogen and oxygen atoms in total. The van der Waals surface area contributed by atoms with Crippen molar-refractivity contribution in [3.63, 3.8) is 0 Å². The SMILES string of the molecule is COc1cccc(NC(=O)CC(=O)NN=Cc2ccccc2O)c1. The summed E-state index contributed by atoms with van der Waals surface area (Å²) in [5.41, 5.74) is 3.22. The molecule has 24 heavy (non-hydrogen) atoms. The summed E-state index contributed by atoms with van der Waals surface area (Å²) >= 11 is 0. The second kappa shape index (κ2) is 8.33. The predicted molar refractivity (Wildman–Crippen MR) is 90.1 cm³/mol. The first-order valence-corrected chi connectivity index (χ1v) is 7.12. The molecule has 3 N–H and O–H groups in total. The number of phenols is 1. The Balaban J connectivity index is 1.83. The zero-order valence-electron chi connectivity index (χ0n) is 13.0. The van der Waals surface area contributed by atoms with Gasteiger partial charge in [0.05, 0.1) is 13.3 Å². The van der Waals surface area contributed by atoms with Crippen LogP contribution in [0.5, 0.6) is 11.5 Å². The van der Waals surface area contributed by atoms with E-state index < -0.39 is 11.8 Å². The highest BCUT2D eigenvalue weighted by atomic mass is 16.5. The van der Waals surface area contributed by atoms with E-state index in [-0.39, 0.29) is 12.2 Å². The Morgan fingerprint density at radius 3 is 2.71 bits per heavy atom. The zero-order chi connectivity index (χ0) is 17.4. The number of hydrogen-bond donors (Lipinski definition) is 3. The highest BCUT2D eigenvalue weighted by Gasteiger charge is 2.09. The quantitative estimate of drug-likeness (QED) is 0.428. The van der Waals surface area contributed by atoms with Gasteiger partial charge >= 0.3 is 0 Å². The molecule has 0 saturated carbocycles. The molecule has 0 unspecified atom stereocenters. The van der Waals surface area contributed by atoms with E-state index in [2.05, 4.69) is 15.8 Å². The Bertz CT molecular complexity index is 759. The lowest BCUT2D eigenvalue weighted by molar-refractivity contribution is -0.126. The second-order valence-electron chi connectivity index (χ2n) is 4.81. The number of hydrazone groups is 1. The van der Waals surface area contributed by atoms with Gasteiger partial charge < -0.3 is 15.2 Å². The van der Waals surface area contributed by atoms with E-state index in [1.165, 1.54) is 19.4 Å². The molecule has 0 aliphatic heterocycles. The second-order valence-corrected chi connectivity index (χ2v) is 4.81. The molecule has 0 heterocycles. The monoisotopic (exact) mass is 327 g/mol. The molecule has 2 aromatic carbocycles. The molecular weight excluding hydrogens is 310 g/mol. The molecule has 2 amide bonds. The van der Waals surface area contributed by atoms with Crippen LogP contribution in [0.4, 0.5) is 5.69 Å². The van der Waals surface area contributed by atoms with E-state index in [4.69, 9.17) is 4.74 Å². The van der Waals surface area contributed by atoms with E-state index >= 15 is 0 Å². The van der Waals surface area contributed by atoms with Crippen LogP contribution in [0.25, 0.3) is 0 Å². The number of phenolic OH excluding ortho intramolecular Hbond substituents is 1. The minimum atomic E-state index is -0.568. The number of hydrogen-bond acceptors (Lipinski definition) is 5. The number of rotatable bonds is 6. The Morgan fingerprint density at radius 1 is 1.17 bits per heavy atom. The van der Waals surface area contributed by atoms with E-state index in [9.17, 15) is 14.7 Å². The number of anilines is 1. The fourth-order valence-electron chi connectivity index (χ4n) is 1.86. The molecule has 0 spiro atoms. The number of nitrogens with zero attached hydrogens (tertiary/aromatic N) is 1. The van der Waals surface area contributed by atoms with Gasteiger partial charge in [-0.1, -0.05) is 18.2 Å². The topological polar surface area (TPSA) is 100 Å². The number of ether oxygens (including phenoxy) is 1. The number of para-hydroxylation sites is 1. The summed E-state index contributed by atoms with van der Waals surface area (Å²) in [7, 11) is 1.52. The van der Waals surface area contributed by atoms with Crippen molar-refractivity contribution in [1.29, 1.82) is 0 Å². The standard InChI is InChI=1S/C17H17N3O4/c1-24-14-7-4-6-13(9-14)19-16(22)10-17(23)20-18-11-12-5-2-3-8-15(12)21/h2-9,11,21H,10H2,1H3,(H,19,22)(H,20,23). The van der Waals surface area contributed by atoms with Crippen molar-refractivity contribution in [2.24, 2.45) is 5.10 Å². The van der Waals surface area contributed by atoms with Gasteiger partial charge in [0.25, 0.3) is 0 Å². The number of aromatic hydroxyl groups is 1. The maximum absolute atomic E-state index is 11.8. The van der Waals surface area contributed by atoms with Crippen LogP contribution in [0.1, 0.15) is 12.0 Å². The van der Waals surface area contributed by atoms with Gasteiger partial charge in [0, 0.05) is 17.3 Å². The Labute approximate surface area is 139 Å². The highest BCUT2D eigenvalue weighted by molar-refractivity contribution is 6.03. The predicted octanol–water partition coefficient (Wildman–Crippen LogP) is 1.88. The molecule has 2 rings (SSSR count). The molecule has 124 valence electrons. The van der Waals surface area contributed by atoms with Gasteiger partial charge in [-0.15, -0.1) is 0 Å². The van der Waals surface area contributed by atoms with Crippen LogP contribution in [0.2, 0.25) is 0 Å². The van der Waals surface area contributed by atoms with Crippen molar-refractivity contribution >= 4 is 23.7 Å². The lowest BCUT2D eigenvalue weighted by Gasteiger charge is -2.06. The van der Waals surface area contributed by atoms with Crippen molar-refractivity contribution in [1.82, 2.24) is 5.43 Å². The maximum atomic E-state index is 11.8. The summed E-state index contributed by atoms with van der Waals surface area (Å²) in [4.78, 5) is 23.5. The van der Waals surface area contributed by atoms with Crippen molar-refractivity contribution < 1.29 is 19.4 Å². The molecule has 0 bridgehead atoms. The summed E-state index contributed by atoms with van der Waals surface area (Å²) in [6.45, 7) is 0. The first kappa shape index (κ1) is 17.0. The maximum Gasteiger partial charge on any atom is 0.249 e. The average Bonchev–Trinajstić information content (AvgIpc) is 2.56.